The van der Waals surface area contributed by atoms with Gasteiger partial charge in [-0.1, -0.05) is 30.3 Å². The number of anilines is 1. The minimum atomic E-state index is -0.167. The zero-order valence-corrected chi connectivity index (χ0v) is 20.0. The average molecular weight is 488 g/mol. The second-order valence-electron chi connectivity index (χ2n) is 9.10. The van der Waals surface area contributed by atoms with Crippen molar-refractivity contribution in [3.8, 4) is 16.9 Å². The third-order valence-electron chi connectivity index (χ3n) is 6.47. The molecule has 5 aromatic rings. The minimum absolute atomic E-state index is 0.129. The lowest BCUT2D eigenvalue weighted by Crippen LogP contribution is -2.30. The second kappa shape index (κ2) is 9.72. The highest BCUT2D eigenvalue weighted by molar-refractivity contribution is 6.35. The molecule has 7 heteroatoms. The number of rotatable bonds is 7. The number of fused-ring (bicyclic) bond motifs is 2. The first kappa shape index (κ1) is 22.7. The van der Waals surface area contributed by atoms with Crippen LogP contribution < -0.4 is 15.8 Å². The number of carbonyl (C=O) groups excluding carboxylic acids is 1. The maximum absolute atomic E-state index is 12.6. The fourth-order valence-corrected chi connectivity index (χ4v) is 4.64. The number of nitrogens with two attached hydrogens (primary N) is 1. The molecule has 1 aliphatic rings. The lowest BCUT2D eigenvalue weighted by molar-refractivity contribution is -0.110. The largest absolute Gasteiger partial charge is 0.490 e. The predicted molar refractivity (Wildman–Crippen MR) is 146 cm³/mol. The number of nitrogens with one attached hydrogen (secondary N) is 2. The number of benzene rings is 2. The molecule has 0 bridgehead atoms. The summed E-state index contributed by atoms with van der Waals surface area (Å²) in [5, 5.41) is 4.12. The smallest absolute Gasteiger partial charge is 0.256 e. The summed E-state index contributed by atoms with van der Waals surface area (Å²) in [4.78, 5) is 24.4. The summed E-state index contributed by atoms with van der Waals surface area (Å²) >= 11 is 0. The molecule has 0 spiro atoms. The highest BCUT2D eigenvalue weighted by Gasteiger charge is 2.24. The number of para-hydroxylation sites is 1. The van der Waals surface area contributed by atoms with E-state index in [0.29, 0.717) is 24.4 Å². The Balaban J connectivity index is 1.18. The lowest BCUT2D eigenvalue weighted by Gasteiger charge is -2.13. The van der Waals surface area contributed by atoms with Gasteiger partial charge in [0, 0.05) is 64.1 Å². The molecule has 0 radical (unpaired) electrons. The number of aromatic amines is 1. The van der Waals surface area contributed by atoms with Gasteiger partial charge in [0.1, 0.15) is 12.4 Å². The molecule has 3 aromatic heterocycles. The molecule has 1 atom stereocenters. The van der Waals surface area contributed by atoms with Gasteiger partial charge < -0.3 is 20.8 Å². The second-order valence-corrected chi connectivity index (χ2v) is 9.10. The van der Waals surface area contributed by atoms with Crippen molar-refractivity contribution < 1.29 is 9.53 Å². The van der Waals surface area contributed by atoms with Gasteiger partial charge >= 0.3 is 0 Å². The number of H-pyrrole nitrogens is 1. The number of hydrogen-bond donors (Lipinski definition) is 3. The van der Waals surface area contributed by atoms with Crippen LogP contribution in [0.25, 0.3) is 33.7 Å². The van der Waals surface area contributed by atoms with Crippen LogP contribution in [0.3, 0.4) is 0 Å². The summed E-state index contributed by atoms with van der Waals surface area (Å²) < 4.78 is 6.02. The Labute approximate surface area is 214 Å². The summed E-state index contributed by atoms with van der Waals surface area (Å²) in [6.45, 7) is 0.366. The quantitative estimate of drug-likeness (QED) is 0.278. The van der Waals surface area contributed by atoms with Crippen molar-refractivity contribution in [1.82, 2.24) is 15.0 Å². The maximum Gasteiger partial charge on any atom is 0.256 e. The molecule has 0 saturated heterocycles. The molecule has 0 unspecified atom stereocenters. The van der Waals surface area contributed by atoms with Crippen LogP contribution in [0.5, 0.6) is 5.75 Å². The van der Waals surface area contributed by atoms with E-state index in [0.717, 1.165) is 33.5 Å². The van der Waals surface area contributed by atoms with Crippen molar-refractivity contribution in [2.75, 3.05) is 11.9 Å². The Kier molecular flexibility index (Phi) is 5.96. The lowest BCUT2D eigenvalue weighted by atomic mass is 9.99. The van der Waals surface area contributed by atoms with Crippen molar-refractivity contribution in [2.45, 2.75) is 12.5 Å². The van der Waals surface area contributed by atoms with E-state index in [-0.39, 0.29) is 11.9 Å². The van der Waals surface area contributed by atoms with E-state index < -0.39 is 0 Å². The van der Waals surface area contributed by atoms with Gasteiger partial charge in [-0.2, -0.15) is 0 Å². The average Bonchev–Trinajstić information content (AvgIpc) is 3.48. The van der Waals surface area contributed by atoms with E-state index in [1.54, 1.807) is 24.8 Å². The van der Waals surface area contributed by atoms with Gasteiger partial charge in [-0.3, -0.25) is 14.8 Å². The van der Waals surface area contributed by atoms with Crippen LogP contribution >= 0.6 is 0 Å². The van der Waals surface area contributed by atoms with Crippen molar-refractivity contribution in [2.24, 2.45) is 5.73 Å². The van der Waals surface area contributed by atoms with Crippen LogP contribution in [0.4, 0.5) is 5.69 Å². The summed E-state index contributed by atoms with van der Waals surface area (Å²) in [6, 6.07) is 19.6. The molecule has 4 heterocycles. The maximum atomic E-state index is 12.6. The van der Waals surface area contributed by atoms with Gasteiger partial charge in [-0.05, 0) is 59.5 Å². The SMILES string of the molecule is N[C@@H](COc1cncc(-c2ccc3c(c2)C(=Cc2cccnc2)C(=O)N3)c1)Cc1c[nH]c2ccccc12. The van der Waals surface area contributed by atoms with Gasteiger partial charge in [0.15, 0.2) is 0 Å². The number of carbonyl (C=O) groups is 1. The molecular weight excluding hydrogens is 462 g/mol. The van der Waals surface area contributed by atoms with Gasteiger partial charge in [-0.25, -0.2) is 0 Å². The predicted octanol–water partition coefficient (Wildman–Crippen LogP) is 5.07. The molecule has 0 saturated carbocycles. The first-order valence-electron chi connectivity index (χ1n) is 12.1. The monoisotopic (exact) mass is 487 g/mol. The fourth-order valence-electron chi connectivity index (χ4n) is 4.64. The first-order valence-corrected chi connectivity index (χ1v) is 12.1. The molecule has 1 aliphatic heterocycles. The number of nitrogens with zero attached hydrogens (tertiary/aromatic N) is 2. The number of aromatic nitrogens is 3. The molecule has 182 valence electrons. The molecule has 2 aromatic carbocycles. The van der Waals surface area contributed by atoms with Crippen LogP contribution in [0.15, 0.2) is 91.6 Å². The Hall–Kier alpha value is -4.75. The minimum Gasteiger partial charge on any atom is -0.490 e. The van der Waals surface area contributed by atoms with Gasteiger partial charge in [0.05, 0.1) is 6.20 Å². The van der Waals surface area contributed by atoms with Crippen LogP contribution in [0.1, 0.15) is 16.7 Å². The van der Waals surface area contributed by atoms with Crippen LogP contribution in [0, 0.1) is 0 Å². The first-order chi connectivity index (χ1) is 18.1. The zero-order valence-electron chi connectivity index (χ0n) is 20.0. The Morgan fingerprint density at radius 1 is 0.973 bits per heavy atom. The molecule has 6 rings (SSSR count). The molecule has 37 heavy (non-hydrogen) atoms. The van der Waals surface area contributed by atoms with Gasteiger partial charge in [-0.15, -0.1) is 0 Å². The van der Waals surface area contributed by atoms with Gasteiger partial charge in [0.2, 0.25) is 0 Å². The molecular formula is C30H25N5O2. The number of hydrogen-bond acceptors (Lipinski definition) is 5. The summed E-state index contributed by atoms with van der Waals surface area (Å²) in [7, 11) is 0. The van der Waals surface area contributed by atoms with Crippen molar-refractivity contribution in [3.05, 3.63) is 108 Å². The van der Waals surface area contributed by atoms with Gasteiger partial charge in [0.25, 0.3) is 5.91 Å². The Bertz CT molecular complexity index is 1620. The summed E-state index contributed by atoms with van der Waals surface area (Å²) in [6.07, 6.45) is 11.5. The number of amides is 1. The fraction of sp³-hybridized carbons (Fsp3) is 0.100. The standard InChI is InChI=1S/C30H25N5O2/c31-23(11-22-16-34-28-6-2-1-5-25(22)28)18-37-24-12-21(15-33-17-24)20-7-8-29-26(13-20)27(30(36)35-29)10-19-4-3-9-32-14-19/h1-10,12-17,23,34H,11,18,31H2,(H,35,36)/t23-/m1/s1. The van der Waals surface area contributed by atoms with E-state index in [1.807, 2.05) is 60.8 Å². The normalized spacial score (nSPS) is 14.5. The number of ether oxygens (including phenoxy) is 1. The third-order valence-corrected chi connectivity index (χ3v) is 6.47. The van der Waals surface area contributed by atoms with E-state index in [4.69, 9.17) is 10.5 Å². The molecule has 4 N–H and O–H groups in total. The van der Waals surface area contributed by atoms with Crippen LogP contribution in [0.2, 0.25) is 0 Å². The summed E-state index contributed by atoms with van der Waals surface area (Å²) in [5.74, 6) is 0.517. The van der Waals surface area contributed by atoms with Crippen LogP contribution in [-0.4, -0.2) is 33.5 Å². The zero-order chi connectivity index (χ0) is 25.2. The molecule has 1 amide bonds. The highest BCUT2D eigenvalue weighted by atomic mass is 16.5. The Morgan fingerprint density at radius 3 is 2.78 bits per heavy atom. The van der Waals surface area contributed by atoms with E-state index >= 15 is 0 Å². The Morgan fingerprint density at radius 2 is 1.89 bits per heavy atom. The third kappa shape index (κ3) is 4.72. The highest BCUT2D eigenvalue weighted by Crippen LogP contribution is 2.36. The van der Waals surface area contributed by atoms with E-state index in [9.17, 15) is 4.79 Å². The molecule has 7 nitrogen and oxygen atoms in total. The van der Waals surface area contributed by atoms with Crippen LogP contribution in [-0.2, 0) is 11.2 Å². The topological polar surface area (TPSA) is 106 Å². The number of pyridine rings is 2. The van der Waals surface area contributed by atoms with Crippen molar-refractivity contribution >= 4 is 34.1 Å². The van der Waals surface area contributed by atoms with Crippen molar-refractivity contribution in [3.63, 3.8) is 0 Å². The molecule has 0 fully saturated rings. The van der Waals surface area contributed by atoms with Crippen molar-refractivity contribution in [1.29, 1.82) is 0 Å². The molecule has 0 aliphatic carbocycles. The summed E-state index contributed by atoms with van der Waals surface area (Å²) in [5.41, 5.74) is 13.6. The van der Waals surface area contributed by atoms with E-state index in [1.165, 1.54) is 10.9 Å². The van der Waals surface area contributed by atoms with E-state index in [2.05, 4.69) is 32.4 Å².